The topological polar surface area (TPSA) is 91.7 Å². The minimum atomic E-state index is -0.285. The molecule has 1 fully saturated rings. The molecular formula is C21H21N3O4. The lowest BCUT2D eigenvalue weighted by Gasteiger charge is -2.17. The fraction of sp³-hybridized carbons (Fsp3) is 0.286. The summed E-state index contributed by atoms with van der Waals surface area (Å²) in [4.78, 5) is 26.1. The van der Waals surface area contributed by atoms with Gasteiger partial charge in [-0.2, -0.15) is 5.26 Å². The first-order valence-electron chi connectivity index (χ1n) is 9.02. The number of para-hydroxylation sites is 2. The van der Waals surface area contributed by atoms with E-state index in [-0.39, 0.29) is 31.1 Å². The van der Waals surface area contributed by atoms with Crippen molar-refractivity contribution in [3.05, 3.63) is 60.2 Å². The molecule has 0 aliphatic carbocycles. The van der Waals surface area contributed by atoms with Crippen LogP contribution in [-0.2, 0) is 9.59 Å². The standard InChI is InChI=1S/C21H21N3O4/c22-12-16-6-4-5-9-19(16)28-14-20(25)23-17-10-11-24(13-17)21(26)15-27-18-7-2-1-3-8-18/h1-9,17H,10-11,13-15H2,(H,23,25)/t17-/m1/s1. The van der Waals surface area contributed by atoms with E-state index >= 15 is 0 Å². The van der Waals surface area contributed by atoms with Crippen LogP contribution in [0.5, 0.6) is 11.5 Å². The van der Waals surface area contributed by atoms with Gasteiger partial charge in [-0.1, -0.05) is 30.3 Å². The molecule has 0 radical (unpaired) electrons. The Labute approximate surface area is 163 Å². The number of hydrogen-bond acceptors (Lipinski definition) is 5. The Balaban J connectivity index is 1.40. The van der Waals surface area contributed by atoms with Crippen molar-refractivity contribution in [3.63, 3.8) is 0 Å². The first kappa shape index (κ1) is 19.2. The molecule has 0 bridgehead atoms. The number of ether oxygens (including phenoxy) is 2. The quantitative estimate of drug-likeness (QED) is 0.791. The molecule has 0 spiro atoms. The number of nitrogens with zero attached hydrogens (tertiary/aromatic N) is 2. The van der Waals surface area contributed by atoms with Crippen molar-refractivity contribution in [2.45, 2.75) is 12.5 Å². The van der Waals surface area contributed by atoms with Crippen molar-refractivity contribution in [2.24, 2.45) is 0 Å². The largest absolute Gasteiger partial charge is 0.484 e. The molecule has 1 saturated heterocycles. The van der Waals surface area contributed by atoms with E-state index in [1.165, 1.54) is 0 Å². The first-order valence-corrected chi connectivity index (χ1v) is 9.02. The van der Waals surface area contributed by atoms with Crippen LogP contribution in [0.1, 0.15) is 12.0 Å². The average molecular weight is 379 g/mol. The van der Waals surface area contributed by atoms with Crippen molar-refractivity contribution in [1.29, 1.82) is 5.26 Å². The minimum absolute atomic E-state index is 0.0290. The zero-order chi connectivity index (χ0) is 19.8. The monoisotopic (exact) mass is 379 g/mol. The van der Waals surface area contributed by atoms with Crippen LogP contribution in [0.25, 0.3) is 0 Å². The molecule has 1 aliphatic rings. The fourth-order valence-corrected chi connectivity index (χ4v) is 2.96. The molecule has 1 N–H and O–H groups in total. The Kier molecular flexibility index (Phi) is 6.47. The Morgan fingerprint density at radius 2 is 1.82 bits per heavy atom. The van der Waals surface area contributed by atoms with E-state index < -0.39 is 0 Å². The number of carbonyl (C=O) groups excluding carboxylic acids is 2. The van der Waals surface area contributed by atoms with Gasteiger partial charge >= 0.3 is 0 Å². The van der Waals surface area contributed by atoms with Crippen molar-refractivity contribution >= 4 is 11.8 Å². The Bertz CT molecular complexity index is 863. The van der Waals surface area contributed by atoms with E-state index in [0.717, 1.165) is 0 Å². The van der Waals surface area contributed by atoms with Crippen LogP contribution < -0.4 is 14.8 Å². The average Bonchev–Trinajstić information content (AvgIpc) is 3.20. The fourth-order valence-electron chi connectivity index (χ4n) is 2.96. The number of amides is 2. The number of carbonyl (C=O) groups is 2. The zero-order valence-electron chi connectivity index (χ0n) is 15.3. The number of rotatable bonds is 7. The zero-order valence-corrected chi connectivity index (χ0v) is 15.3. The molecule has 2 aromatic carbocycles. The smallest absolute Gasteiger partial charge is 0.260 e. The van der Waals surface area contributed by atoms with Crippen LogP contribution in [0.15, 0.2) is 54.6 Å². The molecule has 1 atom stereocenters. The summed E-state index contributed by atoms with van der Waals surface area (Å²) in [5, 5.41) is 11.9. The predicted octanol–water partition coefficient (Wildman–Crippen LogP) is 1.73. The van der Waals surface area contributed by atoms with E-state index in [4.69, 9.17) is 14.7 Å². The summed E-state index contributed by atoms with van der Waals surface area (Å²) in [6.07, 6.45) is 0.678. The van der Waals surface area contributed by atoms with Gasteiger partial charge in [0.15, 0.2) is 13.2 Å². The van der Waals surface area contributed by atoms with Crippen molar-refractivity contribution in [1.82, 2.24) is 10.2 Å². The third-order valence-corrected chi connectivity index (χ3v) is 4.38. The maximum absolute atomic E-state index is 12.3. The highest BCUT2D eigenvalue weighted by Crippen LogP contribution is 2.16. The summed E-state index contributed by atoms with van der Waals surface area (Å²) < 4.78 is 10.9. The van der Waals surface area contributed by atoms with Crippen LogP contribution in [0.3, 0.4) is 0 Å². The lowest BCUT2D eigenvalue weighted by molar-refractivity contribution is -0.132. The van der Waals surface area contributed by atoms with Gasteiger partial charge in [-0.25, -0.2) is 0 Å². The van der Waals surface area contributed by atoms with E-state index in [1.807, 2.05) is 24.3 Å². The lowest BCUT2D eigenvalue weighted by Crippen LogP contribution is -2.41. The van der Waals surface area contributed by atoms with Gasteiger partial charge in [0.25, 0.3) is 11.8 Å². The van der Waals surface area contributed by atoms with Crippen molar-refractivity contribution < 1.29 is 19.1 Å². The maximum Gasteiger partial charge on any atom is 0.260 e. The van der Waals surface area contributed by atoms with Gasteiger partial charge in [0, 0.05) is 19.1 Å². The van der Waals surface area contributed by atoms with E-state index in [9.17, 15) is 9.59 Å². The number of nitrogens with one attached hydrogen (secondary N) is 1. The number of likely N-dealkylation sites (tertiary alicyclic amines) is 1. The third-order valence-electron chi connectivity index (χ3n) is 4.38. The van der Waals surface area contributed by atoms with Gasteiger partial charge in [-0.15, -0.1) is 0 Å². The molecule has 3 rings (SSSR count). The van der Waals surface area contributed by atoms with Crippen LogP contribution >= 0.6 is 0 Å². The molecule has 1 heterocycles. The molecule has 0 aromatic heterocycles. The number of hydrogen-bond donors (Lipinski definition) is 1. The number of nitriles is 1. The van der Waals surface area contributed by atoms with Crippen LogP contribution in [0.4, 0.5) is 0 Å². The summed E-state index contributed by atoms with van der Waals surface area (Å²) >= 11 is 0. The molecule has 0 unspecified atom stereocenters. The second-order valence-corrected chi connectivity index (χ2v) is 6.39. The molecule has 7 nitrogen and oxygen atoms in total. The van der Waals surface area contributed by atoms with Crippen molar-refractivity contribution in [3.8, 4) is 17.6 Å². The summed E-state index contributed by atoms with van der Waals surface area (Å²) in [5.41, 5.74) is 0.381. The predicted molar refractivity (Wildman–Crippen MR) is 102 cm³/mol. The lowest BCUT2D eigenvalue weighted by atomic mass is 10.2. The van der Waals surface area contributed by atoms with Gasteiger partial charge in [-0.3, -0.25) is 9.59 Å². The van der Waals surface area contributed by atoms with Gasteiger partial charge in [-0.05, 0) is 30.7 Å². The minimum Gasteiger partial charge on any atom is -0.484 e. The summed E-state index contributed by atoms with van der Waals surface area (Å²) in [5.74, 6) is 0.628. The first-order chi connectivity index (χ1) is 13.7. The normalized spacial score (nSPS) is 15.5. The maximum atomic E-state index is 12.3. The Morgan fingerprint density at radius 3 is 2.61 bits per heavy atom. The van der Waals surface area contributed by atoms with E-state index in [2.05, 4.69) is 5.32 Å². The van der Waals surface area contributed by atoms with Crippen LogP contribution in [-0.4, -0.2) is 49.1 Å². The van der Waals surface area contributed by atoms with Crippen LogP contribution in [0, 0.1) is 11.3 Å². The molecule has 144 valence electrons. The van der Waals surface area contributed by atoms with Gasteiger partial charge in [0.1, 0.15) is 17.6 Å². The second-order valence-electron chi connectivity index (χ2n) is 6.39. The highest BCUT2D eigenvalue weighted by Gasteiger charge is 2.27. The third kappa shape index (κ3) is 5.24. The molecule has 7 heteroatoms. The van der Waals surface area contributed by atoms with Gasteiger partial charge < -0.3 is 19.7 Å². The Hall–Kier alpha value is -3.53. The highest BCUT2D eigenvalue weighted by molar-refractivity contribution is 5.79. The summed E-state index contributed by atoms with van der Waals surface area (Å²) in [6, 6.07) is 17.8. The van der Waals surface area contributed by atoms with Gasteiger partial charge in [0.05, 0.1) is 5.56 Å². The highest BCUT2D eigenvalue weighted by atomic mass is 16.5. The SMILES string of the molecule is N#Cc1ccccc1OCC(=O)N[C@@H]1CCN(C(=O)COc2ccccc2)C1. The van der Waals surface area contributed by atoms with Crippen LogP contribution in [0.2, 0.25) is 0 Å². The number of benzene rings is 2. The molecule has 2 aromatic rings. The molecule has 28 heavy (non-hydrogen) atoms. The summed E-state index contributed by atoms with van der Waals surface area (Å²) in [6.45, 7) is 0.802. The van der Waals surface area contributed by atoms with E-state index in [0.29, 0.717) is 36.6 Å². The molecule has 2 amide bonds. The van der Waals surface area contributed by atoms with E-state index in [1.54, 1.807) is 41.3 Å². The second kappa shape index (κ2) is 9.42. The Morgan fingerprint density at radius 1 is 1.07 bits per heavy atom. The molecular weight excluding hydrogens is 358 g/mol. The summed E-state index contributed by atoms with van der Waals surface area (Å²) in [7, 11) is 0. The van der Waals surface area contributed by atoms with Gasteiger partial charge in [0.2, 0.25) is 0 Å². The molecule has 0 saturated carbocycles. The molecule has 1 aliphatic heterocycles. The van der Waals surface area contributed by atoms with Crippen molar-refractivity contribution in [2.75, 3.05) is 26.3 Å².